The van der Waals surface area contributed by atoms with Crippen molar-refractivity contribution >= 4 is 11.7 Å². The Labute approximate surface area is 105 Å². The lowest BCUT2D eigenvalue weighted by Gasteiger charge is -2.08. The number of carbonyl (C=O) groups is 1. The molecule has 1 atom stereocenters. The summed E-state index contributed by atoms with van der Waals surface area (Å²) in [6.45, 7) is 0.590. The second-order valence-corrected chi connectivity index (χ2v) is 4.08. The van der Waals surface area contributed by atoms with Crippen molar-refractivity contribution in [2.45, 2.75) is 25.4 Å². The highest BCUT2D eigenvalue weighted by atomic mass is 16.6. The van der Waals surface area contributed by atoms with E-state index in [4.69, 9.17) is 14.7 Å². The molecule has 0 radical (unpaired) electrons. The molecule has 5 heteroatoms. The summed E-state index contributed by atoms with van der Waals surface area (Å²) in [7, 11) is 0. The van der Waals surface area contributed by atoms with Crippen molar-refractivity contribution in [3.05, 3.63) is 30.3 Å². The van der Waals surface area contributed by atoms with Gasteiger partial charge in [-0.15, -0.1) is 0 Å². The van der Waals surface area contributed by atoms with E-state index in [1.54, 1.807) is 0 Å². The molecule has 1 heterocycles. The first kappa shape index (κ1) is 12.4. The first-order chi connectivity index (χ1) is 8.75. The average molecular weight is 249 g/mol. The zero-order valence-electron chi connectivity index (χ0n) is 9.91. The van der Waals surface area contributed by atoms with Crippen LogP contribution in [-0.4, -0.2) is 29.5 Å². The molecule has 1 aromatic rings. The number of rotatable bonds is 6. The highest BCUT2D eigenvalue weighted by Gasteiger charge is 2.25. The van der Waals surface area contributed by atoms with E-state index in [1.807, 2.05) is 30.3 Å². The van der Waals surface area contributed by atoms with Gasteiger partial charge in [0.05, 0.1) is 6.61 Å². The summed E-state index contributed by atoms with van der Waals surface area (Å²) >= 11 is 0. The standard InChI is InChI=1S/C13H15NO4/c15-13(16)12-9-11(18-14-12)7-4-8-17-10-5-2-1-3-6-10/h1-3,5-6,11H,4,7-9H2,(H,15,16). The van der Waals surface area contributed by atoms with E-state index < -0.39 is 5.97 Å². The maximum atomic E-state index is 10.6. The molecular weight excluding hydrogens is 234 g/mol. The Morgan fingerprint density at radius 3 is 2.89 bits per heavy atom. The van der Waals surface area contributed by atoms with Crippen LogP contribution in [-0.2, 0) is 9.63 Å². The van der Waals surface area contributed by atoms with Crippen LogP contribution in [0.4, 0.5) is 0 Å². The van der Waals surface area contributed by atoms with E-state index >= 15 is 0 Å². The monoisotopic (exact) mass is 249 g/mol. The third-order valence-corrected chi connectivity index (χ3v) is 2.66. The van der Waals surface area contributed by atoms with Gasteiger partial charge in [0.15, 0.2) is 5.71 Å². The molecule has 1 unspecified atom stereocenters. The number of carboxylic acid groups (broad SMARTS) is 1. The summed E-state index contributed by atoms with van der Waals surface area (Å²) < 4.78 is 5.53. The van der Waals surface area contributed by atoms with Crippen molar-refractivity contribution in [1.29, 1.82) is 0 Å². The molecule has 0 bridgehead atoms. The Morgan fingerprint density at radius 1 is 1.44 bits per heavy atom. The van der Waals surface area contributed by atoms with Gasteiger partial charge in [-0.3, -0.25) is 0 Å². The van der Waals surface area contributed by atoms with E-state index in [0.29, 0.717) is 13.0 Å². The van der Waals surface area contributed by atoms with Gasteiger partial charge in [0, 0.05) is 6.42 Å². The number of nitrogens with zero attached hydrogens (tertiary/aromatic N) is 1. The molecule has 0 spiro atoms. The highest BCUT2D eigenvalue weighted by Crippen LogP contribution is 2.16. The summed E-state index contributed by atoms with van der Waals surface area (Å²) in [6.07, 6.45) is 1.80. The molecule has 18 heavy (non-hydrogen) atoms. The normalized spacial score (nSPS) is 18.0. The van der Waals surface area contributed by atoms with Crippen LogP contribution in [0.2, 0.25) is 0 Å². The van der Waals surface area contributed by atoms with Crippen LogP contribution < -0.4 is 4.74 Å². The van der Waals surface area contributed by atoms with Crippen LogP contribution in [0.5, 0.6) is 5.75 Å². The second kappa shape index (κ2) is 6.05. The Balaban J connectivity index is 1.62. The van der Waals surface area contributed by atoms with Crippen LogP contribution in [0.3, 0.4) is 0 Å². The average Bonchev–Trinajstić information content (AvgIpc) is 2.85. The number of para-hydroxylation sites is 1. The topological polar surface area (TPSA) is 68.1 Å². The molecule has 0 aromatic heterocycles. The molecule has 96 valence electrons. The van der Waals surface area contributed by atoms with E-state index in [1.165, 1.54) is 0 Å². The SMILES string of the molecule is O=C(O)C1=NOC(CCCOc2ccccc2)C1. The molecule has 1 aromatic carbocycles. The summed E-state index contributed by atoms with van der Waals surface area (Å²) in [4.78, 5) is 15.7. The van der Waals surface area contributed by atoms with Crippen LogP contribution in [0.25, 0.3) is 0 Å². The third-order valence-electron chi connectivity index (χ3n) is 2.66. The molecule has 1 aliphatic rings. The molecule has 1 aliphatic heterocycles. The quantitative estimate of drug-likeness (QED) is 0.784. The van der Waals surface area contributed by atoms with E-state index in [9.17, 15) is 4.79 Å². The van der Waals surface area contributed by atoms with Gasteiger partial charge in [-0.1, -0.05) is 23.4 Å². The predicted molar refractivity (Wildman–Crippen MR) is 65.7 cm³/mol. The first-order valence-electron chi connectivity index (χ1n) is 5.89. The number of ether oxygens (including phenoxy) is 1. The van der Waals surface area contributed by atoms with Crippen molar-refractivity contribution in [1.82, 2.24) is 0 Å². The van der Waals surface area contributed by atoms with Crippen LogP contribution in [0.1, 0.15) is 19.3 Å². The van der Waals surface area contributed by atoms with Gasteiger partial charge in [-0.2, -0.15) is 0 Å². The van der Waals surface area contributed by atoms with Gasteiger partial charge >= 0.3 is 5.97 Å². The fourth-order valence-corrected chi connectivity index (χ4v) is 1.73. The number of aliphatic carboxylic acids is 1. The lowest BCUT2D eigenvalue weighted by atomic mass is 10.1. The number of carboxylic acids is 1. The molecule has 5 nitrogen and oxygen atoms in total. The Kier molecular flexibility index (Phi) is 4.17. The first-order valence-corrected chi connectivity index (χ1v) is 5.89. The zero-order valence-corrected chi connectivity index (χ0v) is 9.91. The number of hydrogen-bond acceptors (Lipinski definition) is 4. The Hall–Kier alpha value is -2.04. The van der Waals surface area contributed by atoms with Crippen LogP contribution >= 0.6 is 0 Å². The second-order valence-electron chi connectivity index (χ2n) is 4.08. The number of oxime groups is 1. The van der Waals surface area contributed by atoms with Crippen molar-refractivity contribution in [3.63, 3.8) is 0 Å². The fraction of sp³-hybridized carbons (Fsp3) is 0.385. The molecule has 2 rings (SSSR count). The Morgan fingerprint density at radius 2 is 2.22 bits per heavy atom. The van der Waals surface area contributed by atoms with Gasteiger partial charge in [-0.25, -0.2) is 4.79 Å². The smallest absolute Gasteiger partial charge is 0.353 e. The van der Waals surface area contributed by atoms with Crippen molar-refractivity contribution in [2.24, 2.45) is 5.16 Å². The molecule has 0 saturated carbocycles. The van der Waals surface area contributed by atoms with Gasteiger partial charge in [-0.05, 0) is 25.0 Å². The molecule has 0 amide bonds. The minimum Gasteiger partial charge on any atom is -0.494 e. The predicted octanol–water partition coefficient (Wildman–Crippen LogP) is 2.08. The van der Waals surface area contributed by atoms with Crippen molar-refractivity contribution in [2.75, 3.05) is 6.61 Å². The van der Waals surface area contributed by atoms with Crippen molar-refractivity contribution in [3.8, 4) is 5.75 Å². The maximum Gasteiger partial charge on any atom is 0.353 e. The molecule has 0 fully saturated rings. The minimum atomic E-state index is -1.00. The van der Waals surface area contributed by atoms with Gasteiger partial charge in [0.2, 0.25) is 0 Å². The summed E-state index contributed by atoms with van der Waals surface area (Å²) in [6, 6.07) is 9.57. The number of hydrogen-bond donors (Lipinski definition) is 1. The van der Waals surface area contributed by atoms with Gasteiger partial charge in [0.1, 0.15) is 11.9 Å². The number of benzene rings is 1. The third kappa shape index (κ3) is 3.48. The minimum absolute atomic E-state index is 0.101. The summed E-state index contributed by atoms with van der Waals surface area (Å²) in [5, 5.41) is 12.2. The van der Waals surface area contributed by atoms with E-state index in [0.717, 1.165) is 18.6 Å². The lowest BCUT2D eigenvalue weighted by molar-refractivity contribution is -0.129. The summed E-state index contributed by atoms with van der Waals surface area (Å²) in [5.41, 5.74) is 0.101. The molecular formula is C13H15NO4. The van der Waals surface area contributed by atoms with Crippen LogP contribution in [0.15, 0.2) is 35.5 Å². The fourth-order valence-electron chi connectivity index (χ4n) is 1.73. The van der Waals surface area contributed by atoms with Crippen LogP contribution in [0, 0.1) is 0 Å². The van der Waals surface area contributed by atoms with Crippen molar-refractivity contribution < 1.29 is 19.5 Å². The van der Waals surface area contributed by atoms with Gasteiger partial charge < -0.3 is 14.7 Å². The molecule has 0 aliphatic carbocycles. The lowest BCUT2D eigenvalue weighted by Crippen LogP contribution is -2.15. The largest absolute Gasteiger partial charge is 0.494 e. The molecule has 0 saturated heterocycles. The molecule has 1 N–H and O–H groups in total. The van der Waals surface area contributed by atoms with E-state index in [2.05, 4.69) is 5.16 Å². The highest BCUT2D eigenvalue weighted by molar-refractivity contribution is 6.35. The zero-order chi connectivity index (χ0) is 12.8. The Bertz CT molecular complexity index is 430. The van der Waals surface area contributed by atoms with Gasteiger partial charge in [0.25, 0.3) is 0 Å². The maximum absolute atomic E-state index is 10.6. The van der Waals surface area contributed by atoms with E-state index in [-0.39, 0.29) is 11.8 Å². The summed E-state index contributed by atoms with van der Waals surface area (Å²) in [5.74, 6) is -0.162.